The molecule has 0 radical (unpaired) electrons. The molecule has 1 aromatic carbocycles. The van der Waals surface area contributed by atoms with Crippen LogP contribution in [0.15, 0.2) is 29.6 Å². The highest BCUT2D eigenvalue weighted by Gasteiger charge is 2.17. The van der Waals surface area contributed by atoms with E-state index in [-0.39, 0.29) is 18.3 Å². The van der Waals surface area contributed by atoms with Gasteiger partial charge < -0.3 is 4.74 Å². The summed E-state index contributed by atoms with van der Waals surface area (Å²) in [5.41, 5.74) is 0.608. The van der Waals surface area contributed by atoms with Gasteiger partial charge in [-0.3, -0.25) is 9.59 Å². The van der Waals surface area contributed by atoms with Crippen LogP contribution in [0.3, 0.4) is 0 Å². The average Bonchev–Trinajstić information content (AvgIpc) is 2.71. The van der Waals surface area contributed by atoms with Gasteiger partial charge in [0.15, 0.2) is 5.78 Å². The third-order valence-electron chi connectivity index (χ3n) is 2.45. The summed E-state index contributed by atoms with van der Waals surface area (Å²) in [7, 11) is 0. The second-order valence-corrected chi connectivity index (χ2v) is 5.20. The van der Waals surface area contributed by atoms with Crippen LogP contribution in [0.4, 0.5) is 0 Å². The molecule has 0 atom stereocenters. The first-order valence-corrected chi connectivity index (χ1v) is 6.65. The lowest BCUT2D eigenvalue weighted by molar-refractivity contribution is -0.146. The Morgan fingerprint density at radius 2 is 2.00 bits per heavy atom. The van der Waals surface area contributed by atoms with E-state index < -0.39 is 5.97 Å². The number of carbonyl (C=O) groups is 2. The number of Topliss-reactive ketones (excluding diaryl/α,β-unsaturated/α-hetero) is 1. The number of ether oxygens (including phenoxy) is 1. The van der Waals surface area contributed by atoms with E-state index >= 15 is 0 Å². The quantitative estimate of drug-likeness (QED) is 0.481. The summed E-state index contributed by atoms with van der Waals surface area (Å²) in [6.45, 7) is 3.53. The molecule has 0 aliphatic heterocycles. The van der Waals surface area contributed by atoms with Crippen LogP contribution >= 0.6 is 11.3 Å². The van der Waals surface area contributed by atoms with Gasteiger partial charge in [0.2, 0.25) is 0 Å². The van der Waals surface area contributed by atoms with Gasteiger partial charge in [0.05, 0.1) is 6.10 Å². The summed E-state index contributed by atoms with van der Waals surface area (Å²) in [5, 5.41) is 2.71. The van der Waals surface area contributed by atoms with Crippen LogP contribution in [-0.2, 0) is 9.53 Å². The lowest BCUT2D eigenvalue weighted by atomic mass is 10.1. The van der Waals surface area contributed by atoms with Gasteiger partial charge in [-0.15, -0.1) is 11.3 Å². The zero-order chi connectivity index (χ0) is 13.1. The molecule has 0 aliphatic rings. The van der Waals surface area contributed by atoms with Gasteiger partial charge in [0.25, 0.3) is 0 Å². The Labute approximate surface area is 109 Å². The van der Waals surface area contributed by atoms with Gasteiger partial charge in [-0.2, -0.15) is 0 Å². The minimum Gasteiger partial charge on any atom is -0.463 e. The smallest absolute Gasteiger partial charge is 0.313 e. The molecule has 0 aliphatic carbocycles. The zero-order valence-corrected chi connectivity index (χ0v) is 11.1. The topological polar surface area (TPSA) is 43.4 Å². The maximum atomic E-state index is 12.0. The summed E-state index contributed by atoms with van der Waals surface area (Å²) in [5.74, 6) is -0.650. The first-order chi connectivity index (χ1) is 8.58. The molecule has 2 rings (SSSR count). The maximum absolute atomic E-state index is 12.0. The minimum absolute atomic E-state index is 0.182. The maximum Gasteiger partial charge on any atom is 0.313 e. The van der Waals surface area contributed by atoms with E-state index in [2.05, 4.69) is 0 Å². The average molecular weight is 262 g/mol. The lowest BCUT2D eigenvalue weighted by Gasteiger charge is -2.06. The number of thiophene rings is 1. The fourth-order valence-electron chi connectivity index (χ4n) is 1.72. The Bertz CT molecular complexity index is 583. The molecule has 0 bridgehead atoms. The molecule has 2 aromatic rings. The molecule has 0 saturated carbocycles. The van der Waals surface area contributed by atoms with Crippen molar-refractivity contribution in [2.45, 2.75) is 26.4 Å². The fraction of sp³-hybridized carbons (Fsp3) is 0.286. The van der Waals surface area contributed by atoms with Crippen LogP contribution in [0.5, 0.6) is 0 Å². The third kappa shape index (κ3) is 2.76. The molecular formula is C14H14O3S. The van der Waals surface area contributed by atoms with E-state index in [0.29, 0.717) is 5.56 Å². The van der Waals surface area contributed by atoms with Crippen molar-refractivity contribution in [3.63, 3.8) is 0 Å². The van der Waals surface area contributed by atoms with Crippen LogP contribution in [0.1, 0.15) is 30.6 Å². The van der Waals surface area contributed by atoms with Crippen molar-refractivity contribution in [1.29, 1.82) is 0 Å². The Morgan fingerprint density at radius 3 is 2.72 bits per heavy atom. The van der Waals surface area contributed by atoms with Crippen LogP contribution < -0.4 is 0 Å². The molecular weight excluding hydrogens is 248 g/mol. The second-order valence-electron chi connectivity index (χ2n) is 4.28. The second kappa shape index (κ2) is 5.31. The summed E-state index contributed by atoms with van der Waals surface area (Å²) >= 11 is 1.51. The number of benzene rings is 1. The van der Waals surface area contributed by atoms with Crippen molar-refractivity contribution in [1.82, 2.24) is 0 Å². The fourth-order valence-corrected chi connectivity index (χ4v) is 2.69. The molecule has 0 fully saturated rings. The molecule has 1 heterocycles. The number of hydrogen-bond acceptors (Lipinski definition) is 4. The zero-order valence-electron chi connectivity index (χ0n) is 10.3. The van der Waals surface area contributed by atoms with Crippen molar-refractivity contribution in [2.24, 2.45) is 0 Å². The molecule has 1 aromatic heterocycles. The van der Waals surface area contributed by atoms with Gasteiger partial charge in [0.1, 0.15) is 6.42 Å². The van der Waals surface area contributed by atoms with Crippen LogP contribution in [0.2, 0.25) is 0 Å². The molecule has 0 spiro atoms. The summed E-state index contributed by atoms with van der Waals surface area (Å²) in [6.07, 6.45) is -0.386. The van der Waals surface area contributed by atoms with Crippen molar-refractivity contribution >= 4 is 33.2 Å². The first-order valence-electron chi connectivity index (χ1n) is 5.77. The Morgan fingerprint density at radius 1 is 1.28 bits per heavy atom. The number of rotatable bonds is 4. The van der Waals surface area contributed by atoms with Gasteiger partial charge in [-0.25, -0.2) is 0 Å². The Hall–Kier alpha value is -1.68. The van der Waals surface area contributed by atoms with E-state index in [4.69, 9.17) is 4.74 Å². The number of hydrogen-bond donors (Lipinski definition) is 0. The predicted octanol–water partition coefficient (Wildman–Crippen LogP) is 3.43. The molecule has 0 amide bonds. The minimum atomic E-state index is -0.467. The van der Waals surface area contributed by atoms with Crippen LogP contribution in [0, 0.1) is 0 Å². The van der Waals surface area contributed by atoms with E-state index in [1.807, 2.05) is 24.3 Å². The standard InChI is InChI=1S/C14H14O3S/c1-9(2)17-14(16)7-12(15)11-8-18-13-6-4-3-5-10(11)13/h3-6,8-9H,7H2,1-2H3. The predicted molar refractivity (Wildman–Crippen MR) is 72.0 cm³/mol. The lowest BCUT2D eigenvalue weighted by Crippen LogP contribution is -2.15. The van der Waals surface area contributed by atoms with Crippen molar-refractivity contribution in [2.75, 3.05) is 0 Å². The van der Waals surface area contributed by atoms with E-state index in [1.54, 1.807) is 19.2 Å². The Balaban J connectivity index is 2.16. The molecule has 94 valence electrons. The van der Waals surface area contributed by atoms with Crippen molar-refractivity contribution in [3.8, 4) is 0 Å². The first kappa shape index (κ1) is 12.8. The summed E-state index contributed by atoms with van der Waals surface area (Å²) in [4.78, 5) is 23.5. The largest absolute Gasteiger partial charge is 0.463 e. The molecule has 3 nitrogen and oxygen atoms in total. The van der Waals surface area contributed by atoms with Gasteiger partial charge >= 0.3 is 5.97 Å². The van der Waals surface area contributed by atoms with Crippen molar-refractivity contribution in [3.05, 3.63) is 35.2 Å². The van der Waals surface area contributed by atoms with E-state index in [1.165, 1.54) is 11.3 Å². The Kier molecular flexibility index (Phi) is 3.77. The number of fused-ring (bicyclic) bond motifs is 1. The van der Waals surface area contributed by atoms with Gasteiger partial charge in [-0.1, -0.05) is 18.2 Å². The number of esters is 1. The van der Waals surface area contributed by atoms with Crippen LogP contribution in [0.25, 0.3) is 10.1 Å². The number of carbonyl (C=O) groups excluding carboxylic acids is 2. The molecule has 0 N–H and O–H groups in total. The highest BCUT2D eigenvalue weighted by atomic mass is 32.1. The summed E-state index contributed by atoms with van der Waals surface area (Å²) < 4.78 is 6.03. The molecule has 0 saturated heterocycles. The van der Waals surface area contributed by atoms with E-state index in [0.717, 1.165) is 10.1 Å². The normalized spacial score (nSPS) is 10.8. The van der Waals surface area contributed by atoms with Gasteiger partial charge in [0, 0.05) is 21.0 Å². The molecule has 18 heavy (non-hydrogen) atoms. The monoisotopic (exact) mass is 262 g/mol. The number of ketones is 1. The SMILES string of the molecule is CC(C)OC(=O)CC(=O)c1csc2ccccc12. The molecule has 4 heteroatoms. The van der Waals surface area contributed by atoms with Crippen LogP contribution in [-0.4, -0.2) is 17.9 Å². The van der Waals surface area contributed by atoms with Gasteiger partial charge in [-0.05, 0) is 19.9 Å². The van der Waals surface area contributed by atoms with Crippen molar-refractivity contribution < 1.29 is 14.3 Å². The third-order valence-corrected chi connectivity index (χ3v) is 3.42. The highest BCUT2D eigenvalue weighted by Crippen LogP contribution is 2.26. The summed E-state index contributed by atoms with van der Waals surface area (Å²) in [6, 6.07) is 7.68. The highest BCUT2D eigenvalue weighted by molar-refractivity contribution is 7.17. The van der Waals surface area contributed by atoms with E-state index in [9.17, 15) is 9.59 Å². The molecule has 0 unspecified atom stereocenters.